The number of urea groups is 1. The molecule has 1 aromatic carbocycles. The molecule has 0 saturated heterocycles. The van der Waals surface area contributed by atoms with Gasteiger partial charge in [0.15, 0.2) is 0 Å². The highest BCUT2D eigenvalue weighted by molar-refractivity contribution is 5.89. The fourth-order valence-electron chi connectivity index (χ4n) is 2.29. The maximum absolute atomic E-state index is 11.6. The number of benzene rings is 1. The summed E-state index contributed by atoms with van der Waals surface area (Å²) in [5.41, 5.74) is 2.36. The summed E-state index contributed by atoms with van der Waals surface area (Å²) in [5.74, 6) is 1.13. The summed E-state index contributed by atoms with van der Waals surface area (Å²) in [6, 6.07) is 8.82. The number of aryl methyl sites for hydroxylation is 1. The molecule has 0 fully saturated rings. The molecule has 0 aliphatic rings. The highest BCUT2D eigenvalue weighted by atomic mass is 16.5. The van der Waals surface area contributed by atoms with Crippen LogP contribution in [0.1, 0.15) is 13.3 Å². The van der Waals surface area contributed by atoms with E-state index in [1.165, 1.54) is 6.33 Å². The van der Waals surface area contributed by atoms with Crippen LogP contribution in [0.4, 0.5) is 10.5 Å². The molecule has 0 saturated carbocycles. The Morgan fingerprint density at radius 1 is 1.21 bits per heavy atom. The number of aromatic nitrogens is 3. The second-order valence-electron chi connectivity index (χ2n) is 5.35. The van der Waals surface area contributed by atoms with Gasteiger partial charge in [0.2, 0.25) is 5.88 Å². The van der Waals surface area contributed by atoms with Crippen LogP contribution in [-0.4, -0.2) is 27.1 Å². The van der Waals surface area contributed by atoms with Crippen LogP contribution in [0.5, 0.6) is 11.6 Å². The molecule has 0 aliphatic heterocycles. The summed E-state index contributed by atoms with van der Waals surface area (Å²) >= 11 is 0. The average molecular weight is 325 g/mol. The van der Waals surface area contributed by atoms with E-state index in [1.54, 1.807) is 24.3 Å². The van der Waals surface area contributed by atoms with Crippen molar-refractivity contribution in [2.45, 2.75) is 13.3 Å². The number of nitrogens with one attached hydrogen (secondary N) is 2. The predicted molar refractivity (Wildman–Crippen MR) is 92.3 cm³/mol. The Kier molecular flexibility index (Phi) is 4.60. The fraction of sp³-hybridized carbons (Fsp3) is 0.235. The molecule has 2 aromatic heterocycles. The third-order valence-electron chi connectivity index (χ3n) is 3.49. The molecule has 2 N–H and O–H groups in total. The minimum Gasteiger partial charge on any atom is -0.437 e. The van der Waals surface area contributed by atoms with Crippen LogP contribution in [0.2, 0.25) is 0 Å². The third kappa shape index (κ3) is 3.45. The van der Waals surface area contributed by atoms with Crippen LogP contribution >= 0.6 is 0 Å². The molecule has 0 bridgehead atoms. The number of fused-ring (bicyclic) bond motifs is 1. The Hall–Kier alpha value is -3.09. The van der Waals surface area contributed by atoms with E-state index < -0.39 is 0 Å². The Labute approximate surface area is 139 Å². The lowest BCUT2D eigenvalue weighted by atomic mass is 10.3. The zero-order chi connectivity index (χ0) is 16.9. The van der Waals surface area contributed by atoms with Gasteiger partial charge in [0, 0.05) is 25.5 Å². The summed E-state index contributed by atoms with van der Waals surface area (Å²) < 4.78 is 7.77. The van der Waals surface area contributed by atoms with Crippen LogP contribution < -0.4 is 15.4 Å². The van der Waals surface area contributed by atoms with Crippen molar-refractivity contribution < 1.29 is 9.53 Å². The average Bonchev–Trinajstić information content (AvgIpc) is 2.97. The van der Waals surface area contributed by atoms with Gasteiger partial charge in [0.1, 0.15) is 17.6 Å². The van der Waals surface area contributed by atoms with Crippen LogP contribution in [0, 0.1) is 0 Å². The molecule has 7 heteroatoms. The van der Waals surface area contributed by atoms with E-state index in [-0.39, 0.29) is 6.03 Å². The van der Waals surface area contributed by atoms with Crippen molar-refractivity contribution in [3.63, 3.8) is 0 Å². The molecule has 0 spiro atoms. The van der Waals surface area contributed by atoms with Crippen molar-refractivity contribution in [2.24, 2.45) is 7.05 Å². The Balaban J connectivity index is 1.72. The topological polar surface area (TPSA) is 81.1 Å². The molecular formula is C17H19N5O2. The standard InChI is InChI=1S/C17H19N5O2/c1-3-9-18-17(23)21-12-4-6-13(7-5-12)24-16-15-14(19-11-20-16)8-10-22(15)2/h4-8,10-11H,3,9H2,1-2H3,(H2,18,21,23). The maximum Gasteiger partial charge on any atom is 0.319 e. The number of carbonyl (C=O) groups is 1. The van der Waals surface area contributed by atoms with E-state index in [0.29, 0.717) is 23.9 Å². The van der Waals surface area contributed by atoms with Crippen molar-refractivity contribution >= 4 is 22.8 Å². The van der Waals surface area contributed by atoms with Gasteiger partial charge in [-0.15, -0.1) is 0 Å². The molecule has 7 nitrogen and oxygen atoms in total. The Morgan fingerprint density at radius 2 is 2.00 bits per heavy atom. The number of hydrogen-bond donors (Lipinski definition) is 2. The largest absolute Gasteiger partial charge is 0.437 e. The number of carbonyl (C=O) groups excluding carboxylic acids is 1. The van der Waals surface area contributed by atoms with E-state index in [9.17, 15) is 4.79 Å². The highest BCUT2D eigenvalue weighted by Gasteiger charge is 2.09. The number of ether oxygens (including phenoxy) is 1. The lowest BCUT2D eigenvalue weighted by molar-refractivity contribution is 0.252. The predicted octanol–water partition coefficient (Wildman–Crippen LogP) is 3.29. The van der Waals surface area contributed by atoms with Crippen LogP contribution in [-0.2, 0) is 7.05 Å². The van der Waals surface area contributed by atoms with Crippen molar-refractivity contribution in [1.82, 2.24) is 19.9 Å². The van der Waals surface area contributed by atoms with Gasteiger partial charge in [-0.05, 0) is 36.8 Å². The number of hydrogen-bond acceptors (Lipinski definition) is 4. The van der Waals surface area contributed by atoms with E-state index in [0.717, 1.165) is 17.5 Å². The highest BCUT2D eigenvalue weighted by Crippen LogP contribution is 2.27. The van der Waals surface area contributed by atoms with Crippen LogP contribution in [0.25, 0.3) is 11.0 Å². The molecule has 2 amide bonds. The quantitative estimate of drug-likeness (QED) is 0.754. The maximum atomic E-state index is 11.6. The fourth-order valence-corrected chi connectivity index (χ4v) is 2.29. The molecule has 3 aromatic rings. The van der Waals surface area contributed by atoms with Crippen molar-refractivity contribution in [3.05, 3.63) is 42.9 Å². The SMILES string of the molecule is CCCNC(=O)Nc1ccc(Oc2ncnc3ccn(C)c23)cc1. The van der Waals surface area contributed by atoms with Gasteiger partial charge in [-0.3, -0.25) is 0 Å². The van der Waals surface area contributed by atoms with E-state index in [1.807, 2.05) is 30.8 Å². The van der Waals surface area contributed by atoms with Gasteiger partial charge in [0.05, 0.1) is 5.52 Å². The van der Waals surface area contributed by atoms with Gasteiger partial charge in [-0.1, -0.05) is 6.92 Å². The summed E-state index contributed by atoms with van der Waals surface area (Å²) in [5, 5.41) is 5.52. The molecular weight excluding hydrogens is 306 g/mol. The molecule has 24 heavy (non-hydrogen) atoms. The van der Waals surface area contributed by atoms with Crippen molar-refractivity contribution in [3.8, 4) is 11.6 Å². The zero-order valence-corrected chi connectivity index (χ0v) is 13.6. The molecule has 124 valence electrons. The summed E-state index contributed by atoms with van der Waals surface area (Å²) in [7, 11) is 1.92. The minimum atomic E-state index is -0.216. The van der Waals surface area contributed by atoms with Gasteiger partial charge in [-0.25, -0.2) is 9.78 Å². The van der Waals surface area contributed by atoms with Gasteiger partial charge in [0.25, 0.3) is 0 Å². The first kappa shape index (κ1) is 15.8. The summed E-state index contributed by atoms with van der Waals surface area (Å²) in [6.07, 6.45) is 4.28. The molecule has 0 unspecified atom stereocenters. The second kappa shape index (κ2) is 6.99. The van der Waals surface area contributed by atoms with E-state index in [2.05, 4.69) is 20.6 Å². The summed E-state index contributed by atoms with van der Waals surface area (Å²) in [4.78, 5) is 20.0. The molecule has 3 rings (SSSR count). The summed E-state index contributed by atoms with van der Waals surface area (Å²) in [6.45, 7) is 2.65. The van der Waals surface area contributed by atoms with Crippen LogP contribution in [0.3, 0.4) is 0 Å². The smallest absolute Gasteiger partial charge is 0.319 e. The Morgan fingerprint density at radius 3 is 2.75 bits per heavy atom. The molecule has 2 heterocycles. The molecule has 0 radical (unpaired) electrons. The number of amides is 2. The number of nitrogens with zero attached hydrogens (tertiary/aromatic N) is 3. The van der Waals surface area contributed by atoms with Gasteiger partial charge >= 0.3 is 6.03 Å². The number of rotatable bonds is 5. The lowest BCUT2D eigenvalue weighted by Gasteiger charge is -2.09. The first-order valence-electron chi connectivity index (χ1n) is 7.76. The van der Waals surface area contributed by atoms with Crippen LogP contribution in [0.15, 0.2) is 42.9 Å². The van der Waals surface area contributed by atoms with Gasteiger partial charge < -0.3 is 19.9 Å². The molecule has 0 atom stereocenters. The zero-order valence-electron chi connectivity index (χ0n) is 13.6. The monoisotopic (exact) mass is 325 g/mol. The Bertz CT molecular complexity index is 842. The normalized spacial score (nSPS) is 10.6. The second-order valence-corrected chi connectivity index (χ2v) is 5.35. The van der Waals surface area contributed by atoms with E-state index in [4.69, 9.17) is 4.74 Å². The first-order valence-corrected chi connectivity index (χ1v) is 7.76. The van der Waals surface area contributed by atoms with Crippen molar-refractivity contribution in [1.29, 1.82) is 0 Å². The van der Waals surface area contributed by atoms with E-state index >= 15 is 0 Å². The lowest BCUT2D eigenvalue weighted by Crippen LogP contribution is -2.29. The number of anilines is 1. The minimum absolute atomic E-state index is 0.216. The molecule has 0 aliphatic carbocycles. The van der Waals surface area contributed by atoms with Gasteiger partial charge in [-0.2, -0.15) is 4.98 Å². The third-order valence-corrected chi connectivity index (χ3v) is 3.49. The van der Waals surface area contributed by atoms with Crippen molar-refractivity contribution in [2.75, 3.05) is 11.9 Å². The first-order chi connectivity index (χ1) is 11.7.